The van der Waals surface area contributed by atoms with E-state index < -0.39 is 0 Å². The number of nitrogens with zero attached hydrogens (tertiary/aromatic N) is 2. The molecule has 1 amide bonds. The van der Waals surface area contributed by atoms with E-state index in [-0.39, 0.29) is 29.5 Å². The minimum atomic E-state index is -0.287. The van der Waals surface area contributed by atoms with Gasteiger partial charge in [-0.3, -0.25) is 10.1 Å². The monoisotopic (exact) mass is 338 g/mol. The molecule has 2 N–H and O–H groups in total. The minimum Gasteiger partial charge on any atom is -0.324 e. The summed E-state index contributed by atoms with van der Waals surface area (Å²) < 4.78 is 13.3. The van der Waals surface area contributed by atoms with Crippen LogP contribution < -0.4 is 16.0 Å². The zero-order chi connectivity index (χ0) is 18.0. The van der Waals surface area contributed by atoms with Crippen LogP contribution in [0.15, 0.2) is 24.3 Å². The molecule has 1 fully saturated rings. The van der Waals surface area contributed by atoms with Crippen molar-refractivity contribution in [3.63, 3.8) is 0 Å². The van der Waals surface area contributed by atoms with Crippen LogP contribution in [-0.4, -0.2) is 15.9 Å². The van der Waals surface area contributed by atoms with E-state index >= 15 is 0 Å². The number of carbonyl (C=O) groups is 1. The normalized spacial score (nSPS) is 21.7. The Morgan fingerprint density at radius 1 is 1.56 bits per heavy atom. The van der Waals surface area contributed by atoms with E-state index in [1.54, 1.807) is 19.1 Å². The summed E-state index contributed by atoms with van der Waals surface area (Å²) in [5.41, 5.74) is 0.846. The molecule has 0 bridgehead atoms. The highest BCUT2D eigenvalue weighted by atomic mass is 19.1. The quantitative estimate of drug-likeness (QED) is 0.895. The second-order valence-electron chi connectivity index (χ2n) is 6.25. The van der Waals surface area contributed by atoms with Gasteiger partial charge in [0.2, 0.25) is 11.9 Å². The van der Waals surface area contributed by atoms with E-state index in [0.29, 0.717) is 23.1 Å². The number of H-pyrrole nitrogens is 1. The molecule has 5 nitrogen and oxygen atoms in total. The van der Waals surface area contributed by atoms with Crippen molar-refractivity contribution in [1.29, 1.82) is 5.26 Å². The van der Waals surface area contributed by atoms with E-state index in [2.05, 4.69) is 21.4 Å². The average Bonchev–Trinajstić information content (AvgIpc) is 3.31. The van der Waals surface area contributed by atoms with Crippen LogP contribution in [0.5, 0.6) is 0 Å². The molecule has 0 aliphatic heterocycles. The van der Waals surface area contributed by atoms with Crippen LogP contribution >= 0.6 is 0 Å². The van der Waals surface area contributed by atoms with Gasteiger partial charge in [-0.05, 0) is 50.0 Å². The summed E-state index contributed by atoms with van der Waals surface area (Å²) in [6.45, 7) is 3.63. The Balaban J connectivity index is 1.73. The smallest absolute Gasteiger partial charge is 0.230 e. The minimum absolute atomic E-state index is 0.0486. The summed E-state index contributed by atoms with van der Waals surface area (Å²) in [6.07, 6.45) is 4.28. The van der Waals surface area contributed by atoms with Gasteiger partial charge in [0.25, 0.3) is 0 Å². The predicted octanol–water partition coefficient (Wildman–Crippen LogP) is 2.03. The Labute approximate surface area is 144 Å². The van der Waals surface area contributed by atoms with Crippen LogP contribution in [0.1, 0.15) is 31.7 Å². The van der Waals surface area contributed by atoms with Crippen LogP contribution in [0, 0.1) is 29.0 Å². The number of imidazole rings is 1. The molecule has 128 valence electrons. The maximum Gasteiger partial charge on any atom is 0.230 e. The number of aromatic nitrogens is 2. The van der Waals surface area contributed by atoms with Crippen molar-refractivity contribution in [3.8, 4) is 6.07 Å². The zero-order valence-electron chi connectivity index (χ0n) is 14.1. The number of nitrogens with one attached hydrogen (secondary N) is 2. The zero-order valence-corrected chi connectivity index (χ0v) is 14.1. The van der Waals surface area contributed by atoms with Crippen molar-refractivity contribution < 1.29 is 9.18 Å². The molecular weight excluding hydrogens is 319 g/mol. The molecule has 3 rings (SSSR count). The van der Waals surface area contributed by atoms with Crippen molar-refractivity contribution in [1.82, 2.24) is 9.97 Å². The fraction of sp³-hybridized carbons (Fsp3) is 0.316. The number of anilines is 1. The Morgan fingerprint density at radius 2 is 2.36 bits per heavy atom. The second kappa shape index (κ2) is 6.89. The Bertz CT molecular complexity index is 957. The first kappa shape index (κ1) is 16.9. The molecule has 3 atom stereocenters. The third-order valence-corrected chi connectivity index (χ3v) is 4.30. The number of aromatic amines is 1. The molecule has 1 aromatic heterocycles. The molecule has 6 heteroatoms. The van der Waals surface area contributed by atoms with Crippen molar-refractivity contribution in [2.75, 3.05) is 5.32 Å². The third-order valence-electron chi connectivity index (χ3n) is 4.30. The van der Waals surface area contributed by atoms with Gasteiger partial charge in [0.05, 0.1) is 22.7 Å². The lowest BCUT2D eigenvalue weighted by molar-refractivity contribution is -0.117. The number of hydrogen-bond acceptors (Lipinski definition) is 3. The maximum atomic E-state index is 13.3. The molecule has 25 heavy (non-hydrogen) atoms. The molecule has 1 aromatic carbocycles. The molecule has 0 saturated heterocycles. The van der Waals surface area contributed by atoms with Gasteiger partial charge in [-0.1, -0.05) is 18.2 Å². The number of rotatable bonds is 4. The number of nitriles is 1. The highest BCUT2D eigenvalue weighted by Gasteiger charge is 2.44. The summed E-state index contributed by atoms with van der Waals surface area (Å²) in [6, 6.07) is 8.51. The summed E-state index contributed by atoms with van der Waals surface area (Å²) in [7, 11) is 0. The van der Waals surface area contributed by atoms with Gasteiger partial charge in [-0.15, -0.1) is 0 Å². The molecule has 3 unspecified atom stereocenters. The first-order valence-electron chi connectivity index (χ1n) is 8.22. The number of benzene rings is 1. The first-order valence-corrected chi connectivity index (χ1v) is 8.22. The van der Waals surface area contributed by atoms with E-state index in [9.17, 15) is 9.18 Å². The summed E-state index contributed by atoms with van der Waals surface area (Å²) >= 11 is 0. The lowest BCUT2D eigenvalue weighted by Gasteiger charge is -2.02. The molecule has 1 aliphatic rings. The van der Waals surface area contributed by atoms with Gasteiger partial charge < -0.3 is 4.98 Å². The third kappa shape index (κ3) is 3.77. The van der Waals surface area contributed by atoms with E-state index in [4.69, 9.17) is 5.26 Å². The van der Waals surface area contributed by atoms with Crippen LogP contribution in [0.4, 0.5) is 10.3 Å². The van der Waals surface area contributed by atoms with Crippen molar-refractivity contribution in [2.24, 2.45) is 11.8 Å². The number of carbonyl (C=O) groups excluding carboxylic acids is 1. The summed E-state index contributed by atoms with van der Waals surface area (Å²) in [5.74, 6) is -0.447. The number of halogens is 1. The number of hydrogen-bond donors (Lipinski definition) is 2. The van der Waals surface area contributed by atoms with Crippen LogP contribution in [0.2, 0.25) is 0 Å². The Morgan fingerprint density at radius 3 is 3.04 bits per heavy atom. The fourth-order valence-corrected chi connectivity index (χ4v) is 2.89. The Hall–Kier alpha value is -2.94. The van der Waals surface area contributed by atoms with E-state index in [1.165, 1.54) is 12.1 Å². The molecule has 0 radical (unpaired) electrons. The first-order chi connectivity index (χ1) is 12.0. The maximum absolute atomic E-state index is 13.3. The van der Waals surface area contributed by atoms with Crippen molar-refractivity contribution in [2.45, 2.75) is 26.2 Å². The van der Waals surface area contributed by atoms with Crippen molar-refractivity contribution >= 4 is 24.0 Å². The molecule has 0 spiro atoms. The summed E-state index contributed by atoms with van der Waals surface area (Å²) in [4.78, 5) is 19.8. The van der Waals surface area contributed by atoms with Gasteiger partial charge in [-0.2, -0.15) is 5.26 Å². The van der Waals surface area contributed by atoms with Gasteiger partial charge >= 0.3 is 0 Å². The SMILES string of the molecule is C/C=c1/nc(NC(=O)C2CC2c2cccc(F)c2)[nH]/c1=C/C(C)C#N. The molecule has 1 saturated carbocycles. The van der Waals surface area contributed by atoms with Gasteiger partial charge in [0.15, 0.2) is 0 Å². The van der Waals surface area contributed by atoms with Gasteiger partial charge in [-0.25, -0.2) is 9.37 Å². The second-order valence-corrected chi connectivity index (χ2v) is 6.25. The molecule has 1 heterocycles. The predicted molar refractivity (Wildman–Crippen MR) is 93.1 cm³/mol. The van der Waals surface area contributed by atoms with Crippen LogP contribution in [-0.2, 0) is 4.79 Å². The molecular formula is C19H19FN4O. The topological polar surface area (TPSA) is 81.6 Å². The standard InChI is InChI=1S/C19H19FN4O/c1-3-16-17(7-11(2)10-21)23-19(22-16)24-18(25)15-9-14(15)12-5-4-6-13(20)8-12/h3-8,11,14-15H,9H2,1-2H3,(H2,22,23,24,25)/b16-3+,17-7+. The van der Waals surface area contributed by atoms with Gasteiger partial charge in [0, 0.05) is 5.92 Å². The van der Waals surface area contributed by atoms with Crippen molar-refractivity contribution in [3.05, 3.63) is 46.3 Å². The highest BCUT2D eigenvalue weighted by Crippen LogP contribution is 2.47. The molecule has 2 aromatic rings. The van der Waals surface area contributed by atoms with Crippen LogP contribution in [0.3, 0.4) is 0 Å². The van der Waals surface area contributed by atoms with Crippen LogP contribution in [0.25, 0.3) is 12.2 Å². The molecule has 1 aliphatic carbocycles. The highest BCUT2D eigenvalue weighted by molar-refractivity contribution is 5.93. The van der Waals surface area contributed by atoms with E-state index in [1.807, 2.05) is 19.1 Å². The lowest BCUT2D eigenvalue weighted by Crippen LogP contribution is -2.24. The lowest BCUT2D eigenvalue weighted by atomic mass is 10.1. The van der Waals surface area contributed by atoms with E-state index in [0.717, 1.165) is 5.56 Å². The Kier molecular flexibility index (Phi) is 4.66. The van der Waals surface area contributed by atoms with Gasteiger partial charge in [0.1, 0.15) is 5.82 Å². The fourth-order valence-electron chi connectivity index (χ4n) is 2.89. The average molecular weight is 338 g/mol. The largest absolute Gasteiger partial charge is 0.324 e. The summed E-state index contributed by atoms with van der Waals surface area (Å²) in [5, 5.41) is 13.1. The number of amides is 1.